The Morgan fingerprint density at radius 2 is 0.368 bits per heavy atom. The van der Waals surface area contributed by atoms with Crippen LogP contribution in [0.15, 0.2) is 0 Å². The van der Waals surface area contributed by atoms with Gasteiger partial charge in [0, 0.05) is 183 Å². The molecule has 0 spiro atoms. The number of carbonyl (C=O) groups is 16. The van der Waals surface area contributed by atoms with Crippen LogP contribution in [0.2, 0.25) is 0 Å². The van der Waals surface area contributed by atoms with Gasteiger partial charge in [-0.2, -0.15) is 19.6 Å². The molecule has 1 fully saturated rings. The highest BCUT2D eigenvalue weighted by Crippen LogP contribution is 2.13. The van der Waals surface area contributed by atoms with Crippen LogP contribution in [0.5, 0.6) is 0 Å². The monoisotopic (exact) mass is 2080 g/mol. The highest BCUT2D eigenvalue weighted by Gasteiger charge is 2.30. The molecule has 12 N–H and O–H groups in total. The van der Waals surface area contributed by atoms with E-state index in [1.807, 2.05) is 0 Å². The fourth-order valence-corrected chi connectivity index (χ4v) is 11.5. The smallest absolute Gasteiger partial charge is 0.438 e. The number of carbonyl (C=O) groups excluding carboxylic acids is 16. The van der Waals surface area contributed by atoms with E-state index >= 15 is 19.2 Å². The average Bonchev–Trinajstić information content (AvgIpc) is 0.865. The Morgan fingerprint density at radius 3 is 0.528 bits per heavy atom. The van der Waals surface area contributed by atoms with Crippen LogP contribution in [0, 0.1) is 0 Å². The molecule has 0 saturated carbocycles. The third-order valence-electron chi connectivity index (χ3n) is 18.2. The third kappa shape index (κ3) is 77.2. The molecule has 0 radical (unpaired) electrons. The standard InChI is InChI=1S/C88H164N20O36/c1-17-49-133-141-81(121)93-25-37-107(38-26-94-82(122)142-134-50-18-2)71(111)67-103-45-43-101(65-69(109)105(33-21-89-73(113)129-61-57-125-53-29-97-77(117)137-85(5,6)7)34-22-90-74(114)130-62-58-126-54-30-98-78(118)138-86(8,9)10)41-42-102(44-46-104(48-47-103)68-72(112)108(39-27-95-83(123)143-135-51-19-3)40-28-96-84(124)144-136-52-20-4)66-70(110)106(35-23-91-75(115)131-63-59-127-55-31-99-79(119)139-87(11,12)13)36-24-92-76(116)132-64-60-128-56-32-100-80(120)140-88(14,15)16/h17-68H2,1-16H3,(H,89,113)(H,90,114)(H,91,115)(H,92,116)(H,93,121)(H,94,122)(H,95,123)(H,96,124)(H,97,117)(H,98,118)(H,99,119)(H,100,120). The fourth-order valence-electron chi connectivity index (χ4n) is 11.5. The van der Waals surface area contributed by atoms with Crippen LogP contribution in [0.25, 0.3) is 0 Å². The Hall–Kier alpha value is -11.4. The molecular weight excluding hydrogens is 1910 g/mol. The van der Waals surface area contributed by atoms with E-state index in [1.165, 1.54) is 19.6 Å². The molecular formula is C88H164N20O36. The van der Waals surface area contributed by atoms with Crippen molar-refractivity contribution in [1.29, 1.82) is 0 Å². The molecule has 0 aromatic rings. The minimum atomic E-state index is -0.963. The SMILES string of the molecule is CCCOOC(=O)NCCN(CCNC(=O)OOCCC)C(=O)CN1CCN(CC(=O)N(CCNC(=O)OCCOCCNC(=O)OC(C)(C)C)CCNC(=O)OCCOCCNC(=O)OC(C)(C)C)CCN(CC(=O)N(CCNC(=O)OCCOCCNC(=O)OC(C)(C)C)CCNC(=O)OCCOCCNC(=O)OC(C)(C)C)CCN(CC(=O)N(CCNC(=O)OOCCC)CCNC(=O)OOCCC)CC1. The van der Waals surface area contributed by atoms with Gasteiger partial charge >= 0.3 is 73.1 Å². The Kier molecular flexibility index (Phi) is 71.7. The van der Waals surface area contributed by atoms with Gasteiger partial charge in [-0.15, -0.1) is 0 Å². The van der Waals surface area contributed by atoms with Gasteiger partial charge in [-0.25, -0.2) is 57.5 Å². The summed E-state index contributed by atoms with van der Waals surface area (Å²) >= 11 is 0. The number of rotatable bonds is 68. The van der Waals surface area contributed by atoms with Crippen molar-refractivity contribution in [2.75, 3.05) is 315 Å². The number of hydrogen-bond donors (Lipinski definition) is 12. The van der Waals surface area contributed by atoms with Crippen LogP contribution in [0.1, 0.15) is 136 Å². The lowest BCUT2D eigenvalue weighted by molar-refractivity contribution is -0.238. The second kappa shape index (κ2) is 79.0. The highest BCUT2D eigenvalue weighted by molar-refractivity contribution is 5.81. The van der Waals surface area contributed by atoms with Crippen LogP contribution >= 0.6 is 0 Å². The molecule has 0 bridgehead atoms. The molecule has 0 aromatic heterocycles. The predicted molar refractivity (Wildman–Crippen MR) is 513 cm³/mol. The van der Waals surface area contributed by atoms with Crippen molar-refractivity contribution < 1.29 is 173 Å². The normalized spacial score (nSPS) is 12.9. The summed E-state index contributed by atoms with van der Waals surface area (Å²) < 4.78 is 64.5. The summed E-state index contributed by atoms with van der Waals surface area (Å²) in [6, 6.07) is 0. The molecule has 0 atom stereocenters. The second-order valence-electron chi connectivity index (χ2n) is 35.5. The van der Waals surface area contributed by atoms with Crippen LogP contribution in [0.3, 0.4) is 0 Å². The quantitative estimate of drug-likeness (QED) is 0.0179. The topological polar surface area (TPSA) is 628 Å². The molecule has 144 heavy (non-hydrogen) atoms. The zero-order valence-electron chi connectivity index (χ0n) is 87.0. The fraction of sp³-hybridized carbons (Fsp3) is 0.818. The van der Waals surface area contributed by atoms with Gasteiger partial charge in [0.25, 0.3) is 0 Å². The summed E-state index contributed by atoms with van der Waals surface area (Å²) in [4.78, 5) is 265. The second-order valence-corrected chi connectivity index (χ2v) is 35.5. The van der Waals surface area contributed by atoms with E-state index in [-0.39, 0.29) is 289 Å². The van der Waals surface area contributed by atoms with Gasteiger partial charge in [-0.05, 0) is 109 Å². The molecule has 832 valence electrons. The maximum Gasteiger partial charge on any atom is 0.438 e. The summed E-state index contributed by atoms with van der Waals surface area (Å²) in [6.07, 6.45) is -7.97. The Balaban J connectivity index is 4.32. The van der Waals surface area contributed by atoms with Gasteiger partial charge in [0.2, 0.25) is 23.6 Å². The maximum absolute atomic E-state index is 15.4. The molecule has 0 unspecified atom stereocenters. The first-order chi connectivity index (χ1) is 68.4. The minimum absolute atomic E-state index is 0.0353. The molecule has 1 rings (SSSR count). The van der Waals surface area contributed by atoms with Crippen molar-refractivity contribution in [2.24, 2.45) is 0 Å². The number of nitrogens with zero attached hydrogens (tertiary/aromatic N) is 8. The van der Waals surface area contributed by atoms with Crippen LogP contribution in [-0.4, -0.2) is 473 Å². The summed E-state index contributed by atoms with van der Waals surface area (Å²) in [7, 11) is 0. The zero-order valence-corrected chi connectivity index (χ0v) is 87.0. The molecule has 1 heterocycles. The molecule has 1 saturated heterocycles. The van der Waals surface area contributed by atoms with Gasteiger partial charge in [-0.1, -0.05) is 27.7 Å². The molecule has 56 nitrogen and oxygen atoms in total. The number of nitrogens with one attached hydrogen (secondary N) is 12. The molecule has 1 aliphatic heterocycles. The number of alkyl carbamates (subject to hydrolysis) is 8. The van der Waals surface area contributed by atoms with Crippen LogP contribution in [0.4, 0.5) is 57.5 Å². The predicted octanol–water partition coefficient (Wildman–Crippen LogP) is 1.86. The summed E-state index contributed by atoms with van der Waals surface area (Å²) in [5.41, 5.74) is -2.94. The molecule has 0 aromatic carbocycles. The van der Waals surface area contributed by atoms with Gasteiger partial charge < -0.3 is 140 Å². The van der Waals surface area contributed by atoms with E-state index in [1.54, 1.807) is 130 Å². The van der Waals surface area contributed by atoms with Gasteiger partial charge in [0.15, 0.2) is 0 Å². The first-order valence-corrected chi connectivity index (χ1v) is 48.5. The van der Waals surface area contributed by atoms with E-state index in [9.17, 15) is 57.5 Å². The maximum atomic E-state index is 15.4. The Bertz CT molecular complexity index is 3250. The Morgan fingerprint density at radius 1 is 0.208 bits per heavy atom. The van der Waals surface area contributed by atoms with Crippen molar-refractivity contribution in [2.45, 2.75) is 159 Å². The lowest BCUT2D eigenvalue weighted by atomic mass is 10.2. The van der Waals surface area contributed by atoms with E-state index in [4.69, 9.17) is 95.9 Å². The largest absolute Gasteiger partial charge is 0.447 e. The number of amides is 16. The van der Waals surface area contributed by atoms with E-state index in [2.05, 4.69) is 63.8 Å². The van der Waals surface area contributed by atoms with Crippen molar-refractivity contribution in [3.63, 3.8) is 0 Å². The van der Waals surface area contributed by atoms with Crippen LogP contribution in [-0.2, 0) is 115 Å². The Labute approximate surface area is 843 Å². The molecule has 1 aliphatic rings. The summed E-state index contributed by atoms with van der Waals surface area (Å²) in [5.74, 6) is -2.25. The molecule has 56 heteroatoms. The minimum Gasteiger partial charge on any atom is -0.447 e. The van der Waals surface area contributed by atoms with Crippen LogP contribution < -0.4 is 63.8 Å². The van der Waals surface area contributed by atoms with Crippen molar-refractivity contribution in [1.82, 2.24) is 103 Å². The number of ether oxygens (including phenoxy) is 12. The highest BCUT2D eigenvalue weighted by atomic mass is 17.2. The molecule has 16 amide bonds. The van der Waals surface area contributed by atoms with Crippen molar-refractivity contribution >= 4 is 96.7 Å². The lowest BCUT2D eigenvalue weighted by Gasteiger charge is -2.36. The first-order valence-electron chi connectivity index (χ1n) is 48.5. The summed E-state index contributed by atoms with van der Waals surface area (Å²) in [5, 5.41) is 30.9. The van der Waals surface area contributed by atoms with Crippen molar-refractivity contribution in [3.05, 3.63) is 0 Å². The van der Waals surface area contributed by atoms with Gasteiger partial charge in [-0.3, -0.25) is 58.3 Å². The number of hydrogen-bond acceptors (Lipinski definition) is 40. The zero-order chi connectivity index (χ0) is 107. The van der Waals surface area contributed by atoms with E-state index in [0.717, 1.165) is 0 Å². The molecule has 0 aliphatic carbocycles. The van der Waals surface area contributed by atoms with Gasteiger partial charge in [0.1, 0.15) is 48.8 Å². The third-order valence-corrected chi connectivity index (χ3v) is 18.2. The van der Waals surface area contributed by atoms with E-state index in [0.29, 0.717) is 25.7 Å². The van der Waals surface area contributed by atoms with Gasteiger partial charge in [0.05, 0.1) is 105 Å². The lowest BCUT2D eigenvalue weighted by Crippen LogP contribution is -2.54. The van der Waals surface area contributed by atoms with E-state index < -0.39 is 145 Å². The first kappa shape index (κ1) is 131. The average molecular weight is 2080 g/mol. The van der Waals surface area contributed by atoms with Crippen molar-refractivity contribution in [3.8, 4) is 0 Å². The summed E-state index contributed by atoms with van der Waals surface area (Å²) in [6.45, 7) is 22.4.